The van der Waals surface area contributed by atoms with E-state index in [1.165, 1.54) is 0 Å². The minimum atomic E-state index is -4.37. The number of sulfonamides is 1. The molecule has 0 aliphatic rings. The van der Waals surface area contributed by atoms with Crippen LogP contribution in [0.5, 0.6) is 0 Å². The van der Waals surface area contributed by atoms with E-state index in [1.54, 1.807) is 24.3 Å². The van der Waals surface area contributed by atoms with Gasteiger partial charge >= 0.3 is 6.18 Å². The van der Waals surface area contributed by atoms with Gasteiger partial charge in [0.1, 0.15) is 0 Å². The molecule has 0 aliphatic carbocycles. The Balaban J connectivity index is 2.68. The van der Waals surface area contributed by atoms with E-state index in [1.807, 2.05) is 0 Å². The number of nitrogens with zero attached hydrogens (tertiary/aromatic N) is 1. The number of alkyl halides is 3. The third-order valence-electron chi connectivity index (χ3n) is 2.79. The van der Waals surface area contributed by atoms with Gasteiger partial charge in [-0.1, -0.05) is 24.3 Å². The van der Waals surface area contributed by atoms with Crippen LogP contribution in [-0.4, -0.2) is 32.5 Å². The molecule has 4 nitrogen and oxygen atoms in total. The molecular weight excluding hydrogens is 293 g/mol. The van der Waals surface area contributed by atoms with E-state index >= 15 is 0 Å². The molecule has 0 aromatic heterocycles. The van der Waals surface area contributed by atoms with Crippen LogP contribution in [-0.2, 0) is 22.3 Å². The fraction of sp³-hybridized carbons (Fsp3) is 0.500. The second-order valence-corrected chi connectivity index (χ2v) is 6.54. The van der Waals surface area contributed by atoms with Crippen molar-refractivity contribution in [1.82, 2.24) is 4.31 Å². The maximum absolute atomic E-state index is 12.1. The maximum atomic E-state index is 12.1. The first-order valence-corrected chi connectivity index (χ1v) is 7.53. The summed E-state index contributed by atoms with van der Waals surface area (Å²) in [6.45, 7) is -0.231. The van der Waals surface area contributed by atoms with Gasteiger partial charge in [0.25, 0.3) is 0 Å². The first-order valence-electron chi connectivity index (χ1n) is 5.93. The van der Waals surface area contributed by atoms with Crippen molar-refractivity contribution in [2.24, 2.45) is 5.73 Å². The van der Waals surface area contributed by atoms with Gasteiger partial charge < -0.3 is 5.73 Å². The van der Waals surface area contributed by atoms with Gasteiger partial charge in [0, 0.05) is 20.1 Å². The van der Waals surface area contributed by atoms with Gasteiger partial charge in [0.05, 0.1) is 12.2 Å². The molecule has 0 atom stereocenters. The molecule has 1 aromatic rings. The Morgan fingerprint density at radius 3 is 2.10 bits per heavy atom. The summed E-state index contributed by atoms with van der Waals surface area (Å²) in [6, 6.07) is 6.61. The van der Waals surface area contributed by atoms with Gasteiger partial charge in [0.2, 0.25) is 10.0 Å². The molecule has 114 valence electrons. The number of nitrogens with two attached hydrogens (primary N) is 1. The van der Waals surface area contributed by atoms with Crippen molar-refractivity contribution in [3.8, 4) is 0 Å². The van der Waals surface area contributed by atoms with Crippen LogP contribution in [0.2, 0.25) is 0 Å². The number of benzene rings is 1. The number of rotatable bonds is 6. The van der Waals surface area contributed by atoms with Gasteiger partial charge in [-0.2, -0.15) is 13.2 Å². The van der Waals surface area contributed by atoms with Crippen molar-refractivity contribution < 1.29 is 21.6 Å². The third kappa shape index (κ3) is 5.48. The van der Waals surface area contributed by atoms with Crippen LogP contribution < -0.4 is 5.73 Å². The number of hydrogen-bond donors (Lipinski definition) is 1. The standard InChI is InChI=1S/C12H17F3N2O2S/c1-17(7-6-12(13,14)15)20(18,19)9-11-4-2-10(8-16)3-5-11/h2-5H,6-9,16H2,1H3. The molecule has 8 heteroatoms. The van der Waals surface area contributed by atoms with E-state index in [-0.39, 0.29) is 5.75 Å². The Hall–Kier alpha value is -1.12. The number of halogens is 3. The molecule has 0 unspecified atom stereocenters. The Kier molecular flexibility index (Phi) is 5.55. The zero-order valence-electron chi connectivity index (χ0n) is 11.0. The van der Waals surface area contributed by atoms with Crippen LogP contribution in [0.4, 0.5) is 13.2 Å². The first kappa shape index (κ1) is 16.9. The Labute approximate surface area is 116 Å². The van der Waals surface area contributed by atoms with Crippen LogP contribution in [0, 0.1) is 0 Å². The molecule has 0 amide bonds. The summed E-state index contributed by atoms with van der Waals surface area (Å²) in [6.07, 6.45) is -5.53. The average molecular weight is 310 g/mol. The molecule has 0 saturated carbocycles. The topological polar surface area (TPSA) is 63.4 Å². The largest absolute Gasteiger partial charge is 0.390 e. The molecular formula is C12H17F3N2O2S. The highest BCUT2D eigenvalue weighted by Gasteiger charge is 2.29. The molecule has 1 aromatic carbocycles. The quantitative estimate of drug-likeness (QED) is 0.872. The summed E-state index contributed by atoms with van der Waals surface area (Å²) in [5, 5.41) is 0. The molecule has 0 heterocycles. The van der Waals surface area contributed by atoms with Gasteiger partial charge in [-0.3, -0.25) is 0 Å². The maximum Gasteiger partial charge on any atom is 0.390 e. The van der Waals surface area contributed by atoms with E-state index in [4.69, 9.17) is 5.73 Å². The molecule has 0 radical (unpaired) electrons. The van der Waals surface area contributed by atoms with E-state index in [0.29, 0.717) is 12.1 Å². The first-order chi connectivity index (χ1) is 9.14. The minimum Gasteiger partial charge on any atom is -0.326 e. The van der Waals surface area contributed by atoms with Crippen molar-refractivity contribution in [1.29, 1.82) is 0 Å². The predicted molar refractivity (Wildman–Crippen MR) is 70.3 cm³/mol. The zero-order valence-corrected chi connectivity index (χ0v) is 11.8. The molecule has 1 rings (SSSR count). The summed E-state index contributed by atoms with van der Waals surface area (Å²) in [4.78, 5) is 0. The molecule has 0 fully saturated rings. The van der Waals surface area contributed by atoms with Crippen molar-refractivity contribution >= 4 is 10.0 Å². The highest BCUT2D eigenvalue weighted by Crippen LogP contribution is 2.20. The van der Waals surface area contributed by atoms with E-state index in [9.17, 15) is 21.6 Å². The Morgan fingerprint density at radius 1 is 1.15 bits per heavy atom. The number of hydrogen-bond acceptors (Lipinski definition) is 3. The van der Waals surface area contributed by atoms with Gasteiger partial charge in [-0.25, -0.2) is 12.7 Å². The fourth-order valence-corrected chi connectivity index (χ4v) is 2.72. The second kappa shape index (κ2) is 6.55. The van der Waals surface area contributed by atoms with Crippen LogP contribution in [0.15, 0.2) is 24.3 Å². The highest BCUT2D eigenvalue weighted by molar-refractivity contribution is 7.88. The van der Waals surface area contributed by atoms with Crippen molar-refractivity contribution in [2.75, 3.05) is 13.6 Å². The Bertz CT molecular complexity index is 527. The summed E-state index contributed by atoms with van der Waals surface area (Å²) in [7, 11) is -2.61. The molecule has 2 N–H and O–H groups in total. The van der Waals surface area contributed by atoms with Crippen molar-refractivity contribution in [2.45, 2.75) is 24.9 Å². The minimum absolute atomic E-state index is 0.327. The normalized spacial score (nSPS) is 12.9. The molecule has 0 aliphatic heterocycles. The van der Waals surface area contributed by atoms with Crippen LogP contribution in [0.25, 0.3) is 0 Å². The zero-order chi connectivity index (χ0) is 15.4. The lowest BCUT2D eigenvalue weighted by Crippen LogP contribution is -2.31. The van der Waals surface area contributed by atoms with Gasteiger partial charge in [-0.05, 0) is 11.1 Å². The van der Waals surface area contributed by atoms with E-state index < -0.39 is 29.2 Å². The lowest BCUT2D eigenvalue weighted by Gasteiger charge is -2.18. The highest BCUT2D eigenvalue weighted by atomic mass is 32.2. The van der Waals surface area contributed by atoms with Crippen LogP contribution in [0.1, 0.15) is 17.5 Å². The van der Waals surface area contributed by atoms with Crippen molar-refractivity contribution in [3.63, 3.8) is 0 Å². The lowest BCUT2D eigenvalue weighted by molar-refractivity contribution is -0.135. The second-order valence-electron chi connectivity index (χ2n) is 4.46. The monoisotopic (exact) mass is 310 g/mol. The summed E-state index contributed by atoms with van der Waals surface area (Å²) in [5.74, 6) is -0.327. The third-order valence-corrected chi connectivity index (χ3v) is 4.62. The van der Waals surface area contributed by atoms with E-state index in [0.717, 1.165) is 16.9 Å². The lowest BCUT2D eigenvalue weighted by atomic mass is 10.1. The summed E-state index contributed by atoms with van der Waals surface area (Å²) < 4.78 is 60.8. The van der Waals surface area contributed by atoms with Gasteiger partial charge in [0.15, 0.2) is 0 Å². The SMILES string of the molecule is CN(CCC(F)(F)F)S(=O)(=O)Cc1ccc(CN)cc1. The predicted octanol–water partition coefficient (Wildman–Crippen LogP) is 1.86. The summed E-state index contributed by atoms with van der Waals surface area (Å²) in [5.41, 5.74) is 6.80. The molecule has 0 saturated heterocycles. The fourth-order valence-electron chi connectivity index (χ4n) is 1.52. The summed E-state index contributed by atoms with van der Waals surface area (Å²) >= 11 is 0. The Morgan fingerprint density at radius 2 is 1.65 bits per heavy atom. The van der Waals surface area contributed by atoms with Crippen molar-refractivity contribution in [3.05, 3.63) is 35.4 Å². The van der Waals surface area contributed by atoms with Crippen LogP contribution in [0.3, 0.4) is 0 Å². The molecule has 20 heavy (non-hydrogen) atoms. The van der Waals surface area contributed by atoms with Crippen LogP contribution >= 0.6 is 0 Å². The molecule has 0 spiro atoms. The average Bonchev–Trinajstić information content (AvgIpc) is 2.35. The molecule has 0 bridgehead atoms. The van der Waals surface area contributed by atoms with Gasteiger partial charge in [-0.15, -0.1) is 0 Å². The van der Waals surface area contributed by atoms with E-state index in [2.05, 4.69) is 0 Å². The smallest absolute Gasteiger partial charge is 0.326 e.